The van der Waals surface area contributed by atoms with Gasteiger partial charge in [0, 0.05) is 47.5 Å². The Morgan fingerprint density at radius 2 is 1.84 bits per heavy atom. The number of aliphatic hydroxyl groups is 3. The number of nitrogens with two attached hydrogens (primary N) is 1. The van der Waals surface area contributed by atoms with E-state index in [-0.39, 0.29) is 40.9 Å². The number of carbonyl (C=O) groups is 3. The van der Waals surface area contributed by atoms with Gasteiger partial charge in [-0.1, -0.05) is 39.0 Å². The number of Topliss-reactive ketones (excluding diaryl/α,β-unsaturated/α-hetero) is 2. The summed E-state index contributed by atoms with van der Waals surface area (Å²) in [6.45, 7) is 6.76. The Labute approximate surface area is 255 Å². The quantitative estimate of drug-likeness (QED) is 0.162. The second kappa shape index (κ2) is 10.9. The van der Waals surface area contributed by atoms with Gasteiger partial charge in [0.15, 0.2) is 17.2 Å². The molecule has 5 rings (SSSR count). The van der Waals surface area contributed by atoms with Crippen LogP contribution in [0.5, 0.6) is 5.75 Å². The first-order chi connectivity index (χ1) is 20.1. The second-order valence-electron chi connectivity index (χ2n) is 13.0. The van der Waals surface area contributed by atoms with Crippen molar-refractivity contribution in [1.29, 1.82) is 0 Å². The van der Waals surface area contributed by atoms with Gasteiger partial charge in [-0.2, -0.15) is 0 Å². The van der Waals surface area contributed by atoms with E-state index in [1.165, 1.54) is 0 Å². The lowest BCUT2D eigenvalue weighted by Crippen LogP contribution is -2.63. The van der Waals surface area contributed by atoms with Crippen LogP contribution in [-0.2, 0) is 22.6 Å². The number of aliphatic hydroxyl groups excluding tert-OH is 2. The minimum absolute atomic E-state index is 0.0133. The number of nitrogens with one attached hydrogen (secondary N) is 1. The third-order valence-corrected chi connectivity index (χ3v) is 9.94. The van der Waals surface area contributed by atoms with E-state index in [4.69, 9.17) is 5.73 Å². The van der Waals surface area contributed by atoms with Crippen LogP contribution in [0.15, 0.2) is 46.6 Å². The standard InChI is InChI=1S/C32H39N3O7S/c1-31(2,3)43-22-9-7-6-8-15(22)14-34-19-13-20(35(4)5)18-11-16-10-17-12-21(36)25(30(33)41)29(40)32(17,42)28(39)23(16)27(38)24(18)26(19)37/h6-9,13,16-17,21,25,34,36-37,39,42H,10-12,14H2,1-5H3,(H2,33,41)/t16-,17+,21?,25?,32+/m1/s1. The van der Waals surface area contributed by atoms with Gasteiger partial charge in [0.2, 0.25) is 5.91 Å². The fourth-order valence-corrected chi connectivity index (χ4v) is 7.86. The first kappa shape index (κ1) is 30.9. The molecule has 10 nitrogen and oxygen atoms in total. The predicted molar refractivity (Wildman–Crippen MR) is 164 cm³/mol. The molecule has 3 aliphatic rings. The van der Waals surface area contributed by atoms with Gasteiger partial charge >= 0.3 is 0 Å². The smallest absolute Gasteiger partial charge is 0.230 e. The molecule has 3 aliphatic carbocycles. The number of hydrogen-bond acceptors (Lipinski definition) is 10. The first-order valence-corrected chi connectivity index (χ1v) is 15.2. The van der Waals surface area contributed by atoms with Crippen LogP contribution in [0.1, 0.15) is 55.1 Å². The summed E-state index contributed by atoms with van der Waals surface area (Å²) in [4.78, 5) is 42.3. The fraction of sp³-hybridized carbons (Fsp3) is 0.469. The molecule has 0 heterocycles. The summed E-state index contributed by atoms with van der Waals surface area (Å²) in [6, 6.07) is 9.74. The molecule has 2 unspecified atom stereocenters. The van der Waals surface area contributed by atoms with Crippen LogP contribution >= 0.6 is 11.8 Å². The molecule has 0 aromatic heterocycles. The SMILES string of the molecule is CN(C)c1cc(NCc2ccccc2SC(C)(C)C)c(O)c2c1C[C@H]1C[C@H]3CC(O)C(C(N)=O)C(=O)[C@@]3(O)C(O)=C1C2=O. The van der Waals surface area contributed by atoms with Crippen LogP contribution in [0, 0.1) is 17.8 Å². The van der Waals surface area contributed by atoms with Gasteiger partial charge in [-0.3, -0.25) is 14.4 Å². The maximum atomic E-state index is 14.1. The van der Waals surface area contributed by atoms with Crippen molar-refractivity contribution in [1.82, 2.24) is 0 Å². The van der Waals surface area contributed by atoms with Crippen molar-refractivity contribution in [2.45, 2.75) is 67.9 Å². The molecule has 1 fully saturated rings. The molecule has 2 aromatic carbocycles. The maximum absolute atomic E-state index is 14.1. The second-order valence-corrected chi connectivity index (χ2v) is 14.8. The number of anilines is 2. The summed E-state index contributed by atoms with van der Waals surface area (Å²) < 4.78 is -0.0147. The Balaban J connectivity index is 1.57. The Kier molecular flexibility index (Phi) is 7.81. The lowest BCUT2D eigenvalue weighted by atomic mass is 9.58. The van der Waals surface area contributed by atoms with Gasteiger partial charge in [0.25, 0.3) is 0 Å². The number of phenols is 1. The zero-order valence-corrected chi connectivity index (χ0v) is 25.8. The highest BCUT2D eigenvalue weighted by Gasteiger charge is 2.62. The average Bonchev–Trinajstić information content (AvgIpc) is 2.89. The van der Waals surface area contributed by atoms with Crippen LogP contribution in [0.2, 0.25) is 0 Å². The lowest BCUT2D eigenvalue weighted by Gasteiger charge is -2.48. The summed E-state index contributed by atoms with van der Waals surface area (Å²) in [5.41, 5.74) is 5.26. The zero-order valence-electron chi connectivity index (χ0n) is 25.0. The Morgan fingerprint density at radius 1 is 1.16 bits per heavy atom. The van der Waals surface area contributed by atoms with Crippen molar-refractivity contribution in [3.05, 3.63) is 58.4 Å². The van der Waals surface area contributed by atoms with Crippen LogP contribution < -0.4 is 16.0 Å². The molecule has 43 heavy (non-hydrogen) atoms. The molecule has 0 aliphatic heterocycles. The molecule has 0 spiro atoms. The summed E-state index contributed by atoms with van der Waals surface area (Å²) >= 11 is 1.73. The number of amides is 1. The molecule has 0 radical (unpaired) electrons. The summed E-state index contributed by atoms with van der Waals surface area (Å²) in [7, 11) is 3.66. The molecular formula is C32H39N3O7S. The van der Waals surface area contributed by atoms with E-state index in [0.29, 0.717) is 23.5 Å². The van der Waals surface area contributed by atoms with Gasteiger partial charge in [-0.05, 0) is 48.4 Å². The molecule has 7 N–H and O–H groups in total. The highest BCUT2D eigenvalue weighted by molar-refractivity contribution is 8.00. The largest absolute Gasteiger partial charge is 0.508 e. The number of carbonyl (C=O) groups excluding carboxylic acids is 3. The Hall–Kier alpha value is -3.54. The number of benzene rings is 2. The number of nitrogens with zero attached hydrogens (tertiary/aromatic N) is 1. The van der Waals surface area contributed by atoms with Crippen molar-refractivity contribution in [2.75, 3.05) is 24.3 Å². The molecule has 1 saturated carbocycles. The van der Waals surface area contributed by atoms with Crippen LogP contribution in [0.25, 0.3) is 0 Å². The van der Waals surface area contributed by atoms with E-state index in [9.17, 15) is 34.8 Å². The molecule has 230 valence electrons. The first-order valence-electron chi connectivity index (χ1n) is 14.4. The molecule has 2 aromatic rings. The third-order valence-electron chi connectivity index (χ3n) is 8.71. The minimum atomic E-state index is -2.54. The van der Waals surface area contributed by atoms with Crippen molar-refractivity contribution in [2.24, 2.45) is 23.5 Å². The number of primary amides is 1. The van der Waals surface area contributed by atoms with Gasteiger partial charge in [-0.15, -0.1) is 11.8 Å². The number of aromatic hydroxyl groups is 1. The molecule has 5 atom stereocenters. The monoisotopic (exact) mass is 609 g/mol. The van der Waals surface area contributed by atoms with E-state index in [2.05, 4.69) is 26.1 Å². The molecule has 1 amide bonds. The fourth-order valence-electron chi connectivity index (χ4n) is 6.78. The van der Waals surface area contributed by atoms with Gasteiger partial charge in [-0.25, -0.2) is 0 Å². The van der Waals surface area contributed by atoms with Gasteiger partial charge in [0.05, 0.1) is 17.4 Å². The normalized spacial score (nSPS) is 26.9. The highest BCUT2D eigenvalue weighted by atomic mass is 32.2. The van der Waals surface area contributed by atoms with E-state index < -0.39 is 52.7 Å². The van der Waals surface area contributed by atoms with Crippen molar-refractivity contribution in [3.63, 3.8) is 0 Å². The predicted octanol–water partition coefficient (Wildman–Crippen LogP) is 3.31. The summed E-state index contributed by atoms with van der Waals surface area (Å²) in [5.74, 6) is -7.26. The number of thioether (sulfide) groups is 1. The zero-order chi connectivity index (χ0) is 31.6. The Bertz CT molecular complexity index is 1550. The summed E-state index contributed by atoms with van der Waals surface area (Å²) in [5, 5.41) is 48.2. The van der Waals surface area contributed by atoms with E-state index in [1.54, 1.807) is 17.8 Å². The third kappa shape index (κ3) is 5.17. The van der Waals surface area contributed by atoms with Crippen LogP contribution in [0.3, 0.4) is 0 Å². The van der Waals surface area contributed by atoms with E-state index in [0.717, 1.165) is 10.5 Å². The minimum Gasteiger partial charge on any atom is -0.508 e. The number of ketones is 2. The Morgan fingerprint density at radius 3 is 2.47 bits per heavy atom. The molecular weight excluding hydrogens is 570 g/mol. The highest BCUT2D eigenvalue weighted by Crippen LogP contribution is 2.53. The molecule has 11 heteroatoms. The topological polar surface area (TPSA) is 173 Å². The van der Waals surface area contributed by atoms with Gasteiger partial charge in [0.1, 0.15) is 17.4 Å². The lowest BCUT2D eigenvalue weighted by molar-refractivity contribution is -0.167. The van der Waals surface area contributed by atoms with E-state index in [1.807, 2.05) is 43.3 Å². The van der Waals surface area contributed by atoms with Crippen LogP contribution in [-0.4, -0.2) is 68.4 Å². The maximum Gasteiger partial charge on any atom is 0.230 e. The number of fused-ring (bicyclic) bond motifs is 3. The number of hydrogen-bond donors (Lipinski definition) is 6. The average molecular weight is 610 g/mol. The molecule has 0 saturated heterocycles. The summed E-state index contributed by atoms with van der Waals surface area (Å²) in [6.07, 6.45) is -1.18. The number of allylic oxidation sites excluding steroid dienone is 1. The van der Waals surface area contributed by atoms with Crippen LogP contribution in [0.4, 0.5) is 11.4 Å². The van der Waals surface area contributed by atoms with E-state index >= 15 is 0 Å². The number of phenolic OH excluding ortho intramolecular Hbond substituents is 1. The number of rotatable bonds is 6. The molecule has 0 bridgehead atoms. The van der Waals surface area contributed by atoms with Gasteiger partial charge < -0.3 is 36.4 Å². The van der Waals surface area contributed by atoms with Crippen molar-refractivity contribution < 1.29 is 34.8 Å². The van der Waals surface area contributed by atoms with Crippen molar-refractivity contribution in [3.8, 4) is 5.75 Å². The van der Waals surface area contributed by atoms with Crippen molar-refractivity contribution >= 4 is 40.6 Å².